The Morgan fingerprint density at radius 1 is 0.867 bits per heavy atom. The van der Waals surface area contributed by atoms with Gasteiger partial charge < -0.3 is 4.74 Å². The van der Waals surface area contributed by atoms with Gasteiger partial charge in [-0.2, -0.15) is 0 Å². The molecule has 1 heterocycles. The fourth-order valence-electron chi connectivity index (χ4n) is 3.77. The maximum absolute atomic E-state index is 12.8. The Bertz CT molecular complexity index is 1130. The number of carbonyl (C=O) groups excluding carboxylic acids is 1. The SMILES string of the molecule is COC(=O)c1c(-c2ccccc2)c(Cc2ccccc2)n(Nc2ccccc2)c1C. The van der Waals surface area contributed by atoms with E-state index in [1.165, 1.54) is 12.7 Å². The Labute approximate surface area is 176 Å². The lowest BCUT2D eigenvalue weighted by atomic mass is 9.97. The van der Waals surface area contributed by atoms with Gasteiger partial charge >= 0.3 is 5.97 Å². The van der Waals surface area contributed by atoms with Crippen molar-refractivity contribution in [1.82, 2.24) is 4.68 Å². The van der Waals surface area contributed by atoms with Crippen LogP contribution in [0.5, 0.6) is 0 Å². The third-order valence-corrected chi connectivity index (χ3v) is 5.19. The summed E-state index contributed by atoms with van der Waals surface area (Å²) < 4.78 is 7.18. The van der Waals surface area contributed by atoms with E-state index in [0.717, 1.165) is 28.2 Å². The molecule has 0 atom stereocenters. The molecule has 1 N–H and O–H groups in total. The smallest absolute Gasteiger partial charge is 0.340 e. The molecule has 0 aliphatic rings. The van der Waals surface area contributed by atoms with Gasteiger partial charge in [0.25, 0.3) is 0 Å². The lowest BCUT2D eigenvalue weighted by molar-refractivity contribution is 0.0600. The van der Waals surface area contributed by atoms with E-state index in [2.05, 4.69) is 17.6 Å². The maximum atomic E-state index is 12.8. The molecule has 0 saturated carbocycles. The van der Waals surface area contributed by atoms with Gasteiger partial charge in [0, 0.05) is 12.0 Å². The molecule has 0 spiro atoms. The highest BCUT2D eigenvalue weighted by molar-refractivity contribution is 6.00. The van der Waals surface area contributed by atoms with Crippen LogP contribution in [0.25, 0.3) is 11.1 Å². The summed E-state index contributed by atoms with van der Waals surface area (Å²) in [4.78, 5) is 12.8. The van der Waals surface area contributed by atoms with Gasteiger partial charge in [0.2, 0.25) is 0 Å². The van der Waals surface area contributed by atoms with Crippen LogP contribution in [-0.4, -0.2) is 17.8 Å². The number of hydrogen-bond donors (Lipinski definition) is 1. The molecule has 150 valence electrons. The number of anilines is 1. The Kier molecular flexibility index (Phi) is 5.66. The molecule has 0 radical (unpaired) electrons. The van der Waals surface area contributed by atoms with Gasteiger partial charge in [-0.3, -0.25) is 10.1 Å². The highest BCUT2D eigenvalue weighted by atomic mass is 16.5. The second kappa shape index (κ2) is 8.70. The first-order chi connectivity index (χ1) is 14.7. The normalized spacial score (nSPS) is 10.6. The average Bonchev–Trinajstić information content (AvgIpc) is 3.06. The molecule has 0 aliphatic heterocycles. The van der Waals surface area contributed by atoms with Crippen molar-refractivity contribution in [3.63, 3.8) is 0 Å². The molecule has 0 saturated heterocycles. The lowest BCUT2D eigenvalue weighted by Crippen LogP contribution is -2.15. The Hall–Kier alpha value is -3.79. The van der Waals surface area contributed by atoms with Gasteiger partial charge in [-0.15, -0.1) is 0 Å². The molecular formula is C26H24N2O2. The first kappa shape index (κ1) is 19.5. The van der Waals surface area contributed by atoms with E-state index in [0.29, 0.717) is 12.0 Å². The minimum absolute atomic E-state index is 0.339. The van der Waals surface area contributed by atoms with E-state index >= 15 is 0 Å². The van der Waals surface area contributed by atoms with Crippen LogP contribution in [0.3, 0.4) is 0 Å². The number of methoxy groups -OCH3 is 1. The summed E-state index contributed by atoms with van der Waals surface area (Å²) in [6, 6.07) is 30.2. The number of para-hydroxylation sites is 1. The van der Waals surface area contributed by atoms with Crippen LogP contribution >= 0.6 is 0 Å². The average molecular weight is 396 g/mol. The molecule has 0 fully saturated rings. The number of esters is 1. The Morgan fingerprint density at radius 2 is 1.43 bits per heavy atom. The summed E-state index contributed by atoms with van der Waals surface area (Å²) in [5, 5.41) is 0. The Balaban J connectivity index is 1.96. The summed E-state index contributed by atoms with van der Waals surface area (Å²) in [5.74, 6) is -0.339. The van der Waals surface area contributed by atoms with Gasteiger partial charge in [0.05, 0.1) is 29.7 Å². The number of nitrogens with zero attached hydrogens (tertiary/aromatic N) is 1. The van der Waals surface area contributed by atoms with Crippen molar-refractivity contribution in [3.8, 4) is 11.1 Å². The van der Waals surface area contributed by atoms with Gasteiger partial charge in [-0.05, 0) is 30.2 Å². The molecule has 4 nitrogen and oxygen atoms in total. The molecule has 4 heteroatoms. The van der Waals surface area contributed by atoms with Crippen LogP contribution in [0.2, 0.25) is 0 Å². The fourth-order valence-corrected chi connectivity index (χ4v) is 3.77. The molecule has 30 heavy (non-hydrogen) atoms. The van der Waals surface area contributed by atoms with Crippen molar-refractivity contribution in [2.24, 2.45) is 0 Å². The largest absolute Gasteiger partial charge is 0.465 e. The first-order valence-electron chi connectivity index (χ1n) is 9.93. The second-order valence-corrected chi connectivity index (χ2v) is 7.12. The van der Waals surface area contributed by atoms with E-state index in [1.807, 2.05) is 90.5 Å². The molecule has 3 aromatic carbocycles. The van der Waals surface area contributed by atoms with Crippen LogP contribution in [0.4, 0.5) is 5.69 Å². The van der Waals surface area contributed by atoms with Crippen LogP contribution in [0, 0.1) is 6.92 Å². The van der Waals surface area contributed by atoms with Crippen molar-refractivity contribution in [1.29, 1.82) is 0 Å². The molecule has 4 rings (SSSR count). The first-order valence-corrected chi connectivity index (χ1v) is 9.93. The Morgan fingerprint density at radius 3 is 2.03 bits per heavy atom. The molecule has 0 aliphatic carbocycles. The van der Waals surface area contributed by atoms with Crippen molar-refractivity contribution in [3.05, 3.63) is 114 Å². The monoisotopic (exact) mass is 396 g/mol. The molecule has 1 aromatic heterocycles. The van der Waals surface area contributed by atoms with E-state index in [9.17, 15) is 4.79 Å². The van der Waals surface area contributed by atoms with Crippen LogP contribution < -0.4 is 5.43 Å². The van der Waals surface area contributed by atoms with E-state index in [4.69, 9.17) is 4.74 Å². The number of aromatic nitrogens is 1. The van der Waals surface area contributed by atoms with Crippen molar-refractivity contribution in [2.45, 2.75) is 13.3 Å². The summed E-state index contributed by atoms with van der Waals surface area (Å²) in [6.07, 6.45) is 0.669. The van der Waals surface area contributed by atoms with Gasteiger partial charge in [-0.25, -0.2) is 4.79 Å². The maximum Gasteiger partial charge on any atom is 0.340 e. The third-order valence-electron chi connectivity index (χ3n) is 5.19. The highest BCUT2D eigenvalue weighted by Gasteiger charge is 2.27. The molecule has 0 bridgehead atoms. The summed E-state index contributed by atoms with van der Waals surface area (Å²) >= 11 is 0. The molecular weight excluding hydrogens is 372 g/mol. The molecule has 0 unspecified atom stereocenters. The number of ether oxygens (including phenoxy) is 1. The van der Waals surface area contributed by atoms with E-state index in [1.54, 1.807) is 0 Å². The summed E-state index contributed by atoms with van der Waals surface area (Å²) in [6.45, 7) is 1.95. The predicted molar refractivity (Wildman–Crippen MR) is 121 cm³/mol. The van der Waals surface area contributed by atoms with Gasteiger partial charge in [-0.1, -0.05) is 78.9 Å². The van der Waals surface area contributed by atoms with E-state index < -0.39 is 0 Å². The van der Waals surface area contributed by atoms with Gasteiger partial charge in [0.1, 0.15) is 0 Å². The zero-order valence-electron chi connectivity index (χ0n) is 17.1. The number of nitrogens with one attached hydrogen (secondary N) is 1. The van der Waals surface area contributed by atoms with Crippen LogP contribution in [0.15, 0.2) is 91.0 Å². The number of hydrogen-bond acceptors (Lipinski definition) is 3. The number of rotatable bonds is 6. The lowest BCUT2D eigenvalue weighted by Gasteiger charge is -2.16. The van der Waals surface area contributed by atoms with Crippen molar-refractivity contribution >= 4 is 11.7 Å². The minimum atomic E-state index is -0.339. The predicted octanol–water partition coefficient (Wildman–Crippen LogP) is 5.72. The molecule has 4 aromatic rings. The quantitative estimate of drug-likeness (QED) is 0.424. The zero-order chi connectivity index (χ0) is 20.9. The van der Waals surface area contributed by atoms with Crippen molar-refractivity contribution in [2.75, 3.05) is 12.5 Å². The topological polar surface area (TPSA) is 43.3 Å². The number of benzene rings is 3. The minimum Gasteiger partial charge on any atom is -0.465 e. The standard InChI is InChI=1S/C26H24N2O2/c1-19-24(26(29)30-2)25(21-14-8-4-9-15-21)23(18-20-12-6-3-7-13-20)28(19)27-22-16-10-5-11-17-22/h3-17,27H,18H2,1-2H3. The third kappa shape index (κ3) is 3.85. The van der Waals surface area contributed by atoms with Gasteiger partial charge in [0.15, 0.2) is 0 Å². The van der Waals surface area contributed by atoms with Crippen molar-refractivity contribution < 1.29 is 9.53 Å². The second-order valence-electron chi connectivity index (χ2n) is 7.12. The van der Waals surface area contributed by atoms with Crippen LogP contribution in [-0.2, 0) is 11.2 Å². The van der Waals surface area contributed by atoms with Crippen LogP contribution in [0.1, 0.15) is 27.3 Å². The fraction of sp³-hybridized carbons (Fsp3) is 0.115. The highest BCUT2D eigenvalue weighted by Crippen LogP contribution is 2.35. The summed E-state index contributed by atoms with van der Waals surface area (Å²) in [7, 11) is 1.43. The number of carbonyl (C=O) groups is 1. The zero-order valence-corrected chi connectivity index (χ0v) is 17.1. The van der Waals surface area contributed by atoms with E-state index in [-0.39, 0.29) is 5.97 Å². The summed E-state index contributed by atoms with van der Waals surface area (Å²) in [5.41, 5.74) is 9.88. The molecule has 0 amide bonds.